The maximum atomic E-state index is 11.7. The molecule has 2 nitrogen and oxygen atoms in total. The van der Waals surface area contributed by atoms with Gasteiger partial charge in [0.05, 0.1) is 0 Å². The Balaban J connectivity index is 0.000000436. The molecule has 3 rings (SSSR count). The monoisotopic (exact) mass is 769 g/mol. The van der Waals surface area contributed by atoms with E-state index >= 15 is 0 Å². The molecule has 0 saturated heterocycles. The van der Waals surface area contributed by atoms with Gasteiger partial charge >= 0.3 is 129 Å². The number of aryl methyl sites for hydroxylation is 4. The van der Waals surface area contributed by atoms with Crippen LogP contribution in [0.5, 0.6) is 0 Å². The van der Waals surface area contributed by atoms with E-state index in [1.807, 2.05) is 14.4 Å². The van der Waals surface area contributed by atoms with Gasteiger partial charge in [0.2, 0.25) is 11.4 Å². The minimum atomic E-state index is 0.996. The van der Waals surface area contributed by atoms with Gasteiger partial charge < -0.3 is 5.53 Å². The first-order valence-electron chi connectivity index (χ1n) is 22.3. The summed E-state index contributed by atoms with van der Waals surface area (Å²) in [5.74, 6) is 0. The molecular weight excluding hydrogens is 687 g/mol. The topological polar surface area (TPSA) is 25.3 Å². The summed E-state index contributed by atoms with van der Waals surface area (Å²) < 4.78 is 1.53. The minimum absolute atomic E-state index is 0.996. The molecule has 2 aromatic rings. The van der Waals surface area contributed by atoms with E-state index in [0.717, 1.165) is 48.2 Å². The molecule has 0 unspecified atom stereocenters. The van der Waals surface area contributed by atoms with Crippen LogP contribution < -0.4 is 0 Å². The first kappa shape index (κ1) is 47.2. The molecule has 302 valence electrons. The van der Waals surface area contributed by atoms with Crippen LogP contribution in [0.2, 0.25) is 10.8 Å². The van der Waals surface area contributed by atoms with E-state index in [2.05, 4.69) is 91.8 Å². The van der Waals surface area contributed by atoms with Gasteiger partial charge in [0, 0.05) is 22.3 Å². The molecule has 3 heteroatoms. The van der Waals surface area contributed by atoms with Crippen LogP contribution in [0.25, 0.3) is 16.9 Å². The van der Waals surface area contributed by atoms with Crippen molar-refractivity contribution in [1.82, 2.24) is 0 Å². The van der Waals surface area contributed by atoms with Crippen LogP contribution in [0.4, 0.5) is 0 Å². The molecule has 1 aliphatic rings. The molecule has 0 atom stereocenters. The molecule has 0 aliphatic carbocycles. The van der Waals surface area contributed by atoms with Crippen molar-refractivity contribution in [3.8, 4) is 0 Å². The van der Waals surface area contributed by atoms with Gasteiger partial charge in [0.25, 0.3) is 0 Å². The first-order valence-corrected chi connectivity index (χ1v) is 23.7. The van der Waals surface area contributed by atoms with Crippen molar-refractivity contribution in [2.45, 2.75) is 220 Å². The predicted octanol–water partition coefficient (Wildman–Crippen LogP) is 17.4. The van der Waals surface area contributed by atoms with Crippen molar-refractivity contribution >= 4 is 11.4 Å². The Labute approximate surface area is 335 Å². The normalized spacial score (nSPS) is 13.0. The van der Waals surface area contributed by atoms with E-state index in [-0.39, 0.29) is 0 Å². The number of rotatable bonds is 28. The Morgan fingerprint density at radius 2 is 0.698 bits per heavy atom. The van der Waals surface area contributed by atoms with Crippen LogP contribution in [0, 0.1) is 27.7 Å². The second kappa shape index (κ2) is 29.3. The van der Waals surface area contributed by atoms with Gasteiger partial charge in [-0.2, -0.15) is 0 Å². The molecule has 0 radical (unpaired) electrons. The summed E-state index contributed by atoms with van der Waals surface area (Å²) in [5, 5.41) is 2.85. The third kappa shape index (κ3) is 18.9. The summed E-state index contributed by atoms with van der Waals surface area (Å²) >= 11 is 2.01. The Morgan fingerprint density at radius 3 is 1.06 bits per heavy atom. The Hall–Kier alpha value is -1.99. The second-order valence-corrected chi connectivity index (χ2v) is 17.5. The second-order valence-electron chi connectivity index (χ2n) is 16.1. The fraction of sp³-hybridized carbons (Fsp3) is 0.680. The summed E-state index contributed by atoms with van der Waals surface area (Å²) in [6.45, 7) is 17.7. The molecule has 1 heterocycles. The Morgan fingerprint density at radius 1 is 0.396 bits per heavy atom. The van der Waals surface area contributed by atoms with Gasteiger partial charge in [0.1, 0.15) is 0 Å². The van der Waals surface area contributed by atoms with E-state index in [1.165, 1.54) is 177 Å². The van der Waals surface area contributed by atoms with Crippen molar-refractivity contribution in [3.63, 3.8) is 0 Å². The Kier molecular flexibility index (Phi) is 26.1. The molecular formula is C50H82N2Ni. The average Bonchev–Trinajstić information content (AvgIpc) is 3.40. The molecule has 0 spiro atoms. The Bertz CT molecular complexity index is 1310. The zero-order chi connectivity index (χ0) is 38.7. The SMILES string of the molecule is CCCCCCCCC1=C(c2cc(C)cc(C)c2)[N+](=[N-])C(c2cc(C)cc(C)c2)=C1CCCC.CCCCCCCC[CH2][Ni][CH2]CCCCCCCC. The molecule has 0 N–H and O–H groups in total. The van der Waals surface area contributed by atoms with E-state index in [4.69, 9.17) is 0 Å². The number of unbranched alkanes of at least 4 members (excludes halogenated alkanes) is 18. The van der Waals surface area contributed by atoms with Gasteiger partial charge in [-0.05, 0) is 77.6 Å². The molecule has 0 saturated carbocycles. The van der Waals surface area contributed by atoms with Crippen molar-refractivity contribution in [1.29, 1.82) is 0 Å². The number of allylic oxidation sites excluding steroid dienone is 2. The van der Waals surface area contributed by atoms with Gasteiger partial charge in [-0.15, -0.1) is 0 Å². The maximum absolute atomic E-state index is 11.7. The van der Waals surface area contributed by atoms with Crippen LogP contribution >= 0.6 is 0 Å². The number of hydrogen-bond acceptors (Lipinski definition) is 0. The van der Waals surface area contributed by atoms with Crippen LogP contribution in [-0.2, 0) is 14.4 Å². The van der Waals surface area contributed by atoms with E-state index in [9.17, 15) is 5.53 Å². The third-order valence-electron chi connectivity index (χ3n) is 10.6. The van der Waals surface area contributed by atoms with Crippen LogP contribution in [-0.4, -0.2) is 4.70 Å². The van der Waals surface area contributed by atoms with Gasteiger partial charge in [-0.1, -0.05) is 86.8 Å². The van der Waals surface area contributed by atoms with Gasteiger partial charge in [-0.25, -0.2) is 4.70 Å². The van der Waals surface area contributed by atoms with Crippen LogP contribution in [0.1, 0.15) is 215 Å². The predicted molar refractivity (Wildman–Crippen MR) is 232 cm³/mol. The van der Waals surface area contributed by atoms with E-state index in [1.54, 1.807) is 0 Å². The molecule has 2 aromatic carbocycles. The molecule has 0 amide bonds. The summed E-state index contributed by atoms with van der Waals surface area (Å²) in [6, 6.07) is 13.3. The number of benzene rings is 2. The molecule has 53 heavy (non-hydrogen) atoms. The molecule has 0 bridgehead atoms. The third-order valence-corrected chi connectivity index (χ3v) is 12.0. The van der Waals surface area contributed by atoms with Crippen molar-refractivity contribution in [2.24, 2.45) is 0 Å². The first-order chi connectivity index (χ1) is 25.8. The summed E-state index contributed by atoms with van der Waals surface area (Å²) in [4.78, 5) is 0. The quantitative estimate of drug-likeness (QED) is 0.0468. The zero-order valence-corrected chi connectivity index (χ0v) is 37.0. The summed E-state index contributed by atoms with van der Waals surface area (Å²) in [6.07, 6.45) is 32.3. The van der Waals surface area contributed by atoms with Crippen molar-refractivity contribution in [3.05, 3.63) is 86.5 Å². The molecule has 0 fully saturated rings. The average molecular weight is 770 g/mol. The number of nitrogens with zero attached hydrogens (tertiary/aromatic N) is 2. The fourth-order valence-electron chi connectivity index (χ4n) is 7.75. The standard InChI is InChI=1S/C32H44N2.2C9H19.Ni/c1-7-9-11-12-13-14-16-30-29(15-10-8-2)31(27-19-23(3)17-24(4)20-27)34(33)32(30)28-21-25(5)18-26(6)22-28;2*1-3-5-7-9-8-6-4-2;/h17-22H,7-16H2,1-6H3;2*1,3-9H2,2H3;. The molecule has 1 aliphatic heterocycles. The van der Waals surface area contributed by atoms with Crippen molar-refractivity contribution in [2.75, 3.05) is 0 Å². The van der Waals surface area contributed by atoms with Crippen LogP contribution in [0.3, 0.4) is 0 Å². The summed E-state index contributed by atoms with van der Waals surface area (Å²) in [7, 11) is 0. The van der Waals surface area contributed by atoms with E-state index < -0.39 is 0 Å². The summed E-state index contributed by atoms with van der Waals surface area (Å²) in [5.41, 5.74) is 23.7. The van der Waals surface area contributed by atoms with Crippen molar-refractivity contribution < 1.29 is 19.1 Å². The molecule has 0 aromatic heterocycles. The van der Waals surface area contributed by atoms with E-state index in [0.29, 0.717) is 0 Å². The number of hydrogen-bond donors (Lipinski definition) is 0. The van der Waals surface area contributed by atoms with Crippen LogP contribution in [0.15, 0.2) is 47.5 Å². The fourth-order valence-corrected chi connectivity index (χ4v) is 8.99. The zero-order valence-electron chi connectivity index (χ0n) is 36.1. The van der Waals surface area contributed by atoms with Gasteiger partial charge in [0.15, 0.2) is 0 Å². The van der Waals surface area contributed by atoms with Gasteiger partial charge in [-0.3, -0.25) is 0 Å².